The van der Waals surface area contributed by atoms with E-state index >= 15 is 0 Å². The molecule has 8 heteroatoms. The van der Waals surface area contributed by atoms with E-state index in [-0.39, 0.29) is 21.5 Å². The lowest BCUT2D eigenvalue weighted by molar-refractivity contribution is 0.573. The van der Waals surface area contributed by atoms with Crippen molar-refractivity contribution >= 4 is 43.2 Å². The second kappa shape index (κ2) is 6.55. The Labute approximate surface area is 136 Å². The third-order valence-corrected chi connectivity index (χ3v) is 7.46. The van der Waals surface area contributed by atoms with Crippen molar-refractivity contribution in [2.75, 3.05) is 28.7 Å². The van der Waals surface area contributed by atoms with Crippen molar-refractivity contribution in [3.8, 4) is 6.07 Å². The number of hydrogen-bond acceptors (Lipinski definition) is 5. The number of hydrogen-bond donors (Lipinski definition) is 0. The predicted octanol–water partition coefficient (Wildman–Crippen LogP) is 2.77. The molecule has 2 rings (SSSR count). The van der Waals surface area contributed by atoms with Gasteiger partial charge in [-0.15, -0.1) is 0 Å². The first-order chi connectivity index (χ1) is 9.92. The largest absolute Gasteiger partial charge is 0.351 e. The van der Waals surface area contributed by atoms with E-state index in [4.69, 9.17) is 5.26 Å². The minimum atomic E-state index is -3.31. The molecule has 0 bridgehead atoms. The van der Waals surface area contributed by atoms with Gasteiger partial charge in [0.05, 0.1) is 15.7 Å². The molecule has 1 unspecified atom stereocenters. The summed E-state index contributed by atoms with van der Waals surface area (Å²) >= 11 is 4.62. The van der Waals surface area contributed by atoms with Crippen molar-refractivity contribution in [3.05, 3.63) is 28.0 Å². The minimum absolute atomic E-state index is 0.0216. The lowest BCUT2D eigenvalue weighted by Crippen LogP contribution is -2.48. The van der Waals surface area contributed by atoms with Crippen LogP contribution in [0.15, 0.2) is 16.6 Å². The maximum absolute atomic E-state index is 14.5. The van der Waals surface area contributed by atoms with Gasteiger partial charge in [0, 0.05) is 23.8 Å². The number of rotatable bonds is 3. The zero-order valence-corrected chi connectivity index (χ0v) is 14.6. The molecule has 4 nitrogen and oxygen atoms in total. The van der Waals surface area contributed by atoms with Gasteiger partial charge in [0.2, 0.25) is 0 Å². The molecular formula is C13H14BrFN2O2S2. The van der Waals surface area contributed by atoms with Crippen LogP contribution in [0.2, 0.25) is 0 Å². The Bertz CT molecular complexity index is 688. The van der Waals surface area contributed by atoms with E-state index in [9.17, 15) is 12.8 Å². The SMILES string of the molecule is CCS(=O)(=O)C1CSCCN1c1ccc(C#N)c(Br)c1F. The number of nitrogens with zero attached hydrogens (tertiary/aromatic N) is 2. The number of halogens is 2. The van der Waals surface area contributed by atoms with Gasteiger partial charge in [-0.25, -0.2) is 12.8 Å². The second-order valence-corrected chi connectivity index (χ2v) is 8.94. The van der Waals surface area contributed by atoms with Crippen molar-refractivity contribution in [2.24, 2.45) is 0 Å². The average molecular weight is 393 g/mol. The lowest BCUT2D eigenvalue weighted by Gasteiger charge is -2.36. The summed E-state index contributed by atoms with van der Waals surface area (Å²) in [6.45, 7) is 2.06. The maximum Gasteiger partial charge on any atom is 0.171 e. The molecule has 21 heavy (non-hydrogen) atoms. The Morgan fingerprint density at radius 3 is 2.90 bits per heavy atom. The molecule has 0 amide bonds. The molecule has 1 atom stereocenters. The number of nitriles is 1. The Morgan fingerprint density at radius 2 is 2.29 bits per heavy atom. The highest BCUT2D eigenvalue weighted by Gasteiger charge is 2.34. The van der Waals surface area contributed by atoms with Crippen LogP contribution in [0.5, 0.6) is 0 Å². The molecule has 0 aromatic heterocycles. The number of anilines is 1. The standard InChI is InChI=1S/C13H14BrFN2O2S2/c1-2-21(18,19)11-8-20-6-5-17(11)10-4-3-9(7-16)12(14)13(10)15/h3-4,11H,2,5-6,8H2,1H3. The van der Waals surface area contributed by atoms with Crippen LogP contribution in [0.1, 0.15) is 12.5 Å². The van der Waals surface area contributed by atoms with Gasteiger partial charge < -0.3 is 4.90 Å². The summed E-state index contributed by atoms with van der Waals surface area (Å²) < 4.78 is 39.0. The third-order valence-electron chi connectivity index (χ3n) is 3.39. The van der Waals surface area contributed by atoms with E-state index < -0.39 is 21.0 Å². The molecule has 1 fully saturated rings. The smallest absolute Gasteiger partial charge is 0.171 e. The summed E-state index contributed by atoms with van der Waals surface area (Å²) in [5, 5.41) is 8.18. The molecule has 1 aromatic rings. The molecule has 1 saturated heterocycles. The molecule has 0 spiro atoms. The molecule has 1 aliphatic rings. The van der Waals surface area contributed by atoms with Gasteiger partial charge in [0.25, 0.3) is 0 Å². The van der Waals surface area contributed by atoms with Gasteiger partial charge >= 0.3 is 0 Å². The van der Waals surface area contributed by atoms with Gasteiger partial charge in [0.1, 0.15) is 11.4 Å². The highest BCUT2D eigenvalue weighted by molar-refractivity contribution is 9.10. The summed E-state index contributed by atoms with van der Waals surface area (Å²) in [5.41, 5.74) is 0.417. The Morgan fingerprint density at radius 1 is 1.57 bits per heavy atom. The molecule has 1 heterocycles. The summed E-state index contributed by atoms with van der Waals surface area (Å²) in [7, 11) is -3.31. The Balaban J connectivity index is 2.49. The molecule has 1 aliphatic heterocycles. The van der Waals surface area contributed by atoms with Crippen LogP contribution in [0.4, 0.5) is 10.1 Å². The van der Waals surface area contributed by atoms with E-state index in [0.717, 1.165) is 5.75 Å². The van der Waals surface area contributed by atoms with Gasteiger partial charge in [-0.1, -0.05) is 6.92 Å². The number of benzene rings is 1. The number of thioether (sulfide) groups is 1. The summed E-state index contributed by atoms with van der Waals surface area (Å²) in [6.07, 6.45) is 0. The van der Waals surface area contributed by atoms with Crippen LogP contribution in [0.25, 0.3) is 0 Å². The Kier molecular flexibility index (Phi) is 5.17. The van der Waals surface area contributed by atoms with Crippen LogP contribution in [0.3, 0.4) is 0 Å². The van der Waals surface area contributed by atoms with Crippen LogP contribution >= 0.6 is 27.7 Å². The van der Waals surface area contributed by atoms with Gasteiger partial charge in [-0.3, -0.25) is 0 Å². The van der Waals surface area contributed by atoms with Crippen molar-refractivity contribution < 1.29 is 12.8 Å². The first kappa shape index (κ1) is 16.6. The van der Waals surface area contributed by atoms with E-state index in [1.807, 2.05) is 6.07 Å². The van der Waals surface area contributed by atoms with Crippen LogP contribution < -0.4 is 4.90 Å². The summed E-state index contributed by atoms with van der Waals surface area (Å²) in [5.74, 6) is 0.602. The van der Waals surface area contributed by atoms with Crippen LogP contribution in [-0.2, 0) is 9.84 Å². The first-order valence-electron chi connectivity index (χ1n) is 6.36. The third kappa shape index (κ3) is 3.20. The zero-order chi connectivity index (χ0) is 15.6. The molecule has 0 aliphatic carbocycles. The van der Waals surface area contributed by atoms with E-state index in [0.29, 0.717) is 12.3 Å². The monoisotopic (exact) mass is 392 g/mol. The van der Waals surface area contributed by atoms with Crippen LogP contribution in [-0.4, -0.2) is 37.6 Å². The fourth-order valence-corrected chi connectivity index (χ4v) is 5.60. The highest BCUT2D eigenvalue weighted by atomic mass is 79.9. The number of sulfone groups is 1. The fourth-order valence-electron chi connectivity index (χ4n) is 2.19. The molecule has 0 saturated carbocycles. The molecule has 1 aromatic carbocycles. The molecule has 0 radical (unpaired) electrons. The highest BCUT2D eigenvalue weighted by Crippen LogP contribution is 2.33. The van der Waals surface area contributed by atoms with E-state index in [1.165, 1.54) is 12.1 Å². The molecule has 0 N–H and O–H groups in total. The summed E-state index contributed by atoms with van der Waals surface area (Å²) in [6, 6.07) is 4.87. The summed E-state index contributed by atoms with van der Waals surface area (Å²) in [4.78, 5) is 1.59. The van der Waals surface area contributed by atoms with Crippen molar-refractivity contribution in [1.29, 1.82) is 5.26 Å². The van der Waals surface area contributed by atoms with E-state index in [1.54, 1.807) is 23.6 Å². The predicted molar refractivity (Wildman–Crippen MR) is 86.7 cm³/mol. The maximum atomic E-state index is 14.5. The van der Waals surface area contributed by atoms with Crippen molar-refractivity contribution in [2.45, 2.75) is 12.3 Å². The lowest BCUT2D eigenvalue weighted by atomic mass is 10.2. The van der Waals surface area contributed by atoms with Crippen molar-refractivity contribution in [3.63, 3.8) is 0 Å². The quantitative estimate of drug-likeness (QED) is 0.791. The topological polar surface area (TPSA) is 61.2 Å². The fraction of sp³-hybridized carbons (Fsp3) is 0.462. The van der Waals surface area contributed by atoms with Crippen molar-refractivity contribution in [1.82, 2.24) is 0 Å². The van der Waals surface area contributed by atoms with Gasteiger partial charge in [-0.2, -0.15) is 17.0 Å². The zero-order valence-electron chi connectivity index (χ0n) is 11.3. The molecule has 114 valence electrons. The van der Waals surface area contributed by atoms with E-state index in [2.05, 4.69) is 15.9 Å². The minimum Gasteiger partial charge on any atom is -0.351 e. The second-order valence-electron chi connectivity index (χ2n) is 4.55. The van der Waals surface area contributed by atoms with Crippen LogP contribution in [0, 0.1) is 17.1 Å². The normalized spacial score (nSPS) is 19.3. The Hall–Kier alpha value is -0.780. The van der Waals surface area contributed by atoms with Gasteiger partial charge in [-0.05, 0) is 28.1 Å². The first-order valence-corrected chi connectivity index (χ1v) is 10.0. The van der Waals surface area contributed by atoms with Gasteiger partial charge in [0.15, 0.2) is 15.7 Å². The molecular weight excluding hydrogens is 379 g/mol. The average Bonchev–Trinajstić information content (AvgIpc) is 2.50.